The van der Waals surface area contributed by atoms with Gasteiger partial charge in [0.15, 0.2) is 24.8 Å². The van der Waals surface area contributed by atoms with Crippen molar-refractivity contribution in [3.05, 3.63) is 211 Å². The molecule has 4 heterocycles. The van der Waals surface area contributed by atoms with Crippen molar-refractivity contribution in [2.24, 2.45) is 28.2 Å². The van der Waals surface area contributed by atoms with Gasteiger partial charge in [0.1, 0.15) is 28.2 Å². The van der Waals surface area contributed by atoms with Crippen molar-refractivity contribution >= 4 is 0 Å². The van der Waals surface area contributed by atoms with Gasteiger partial charge in [-0.1, -0.05) is 108 Å². The van der Waals surface area contributed by atoms with E-state index < -0.39 is 135 Å². The summed E-state index contributed by atoms with van der Waals surface area (Å²) in [5.74, 6) is -7.17. The van der Waals surface area contributed by atoms with E-state index in [0.717, 1.165) is 35.7 Å². The molecular weight excluding hydrogens is 909 g/mol. The first kappa shape index (κ1) is 23.0. The number of nitrogens with zero attached hydrogens (tertiary/aromatic N) is 4. The fourth-order valence-electron chi connectivity index (χ4n) is 8.51. The van der Waals surface area contributed by atoms with Gasteiger partial charge in [0.25, 0.3) is 0 Å². The lowest BCUT2D eigenvalue weighted by Gasteiger charge is -2.13. The molecule has 0 amide bonds. The number of aryl methyl sites for hydroxylation is 17. The highest BCUT2D eigenvalue weighted by molar-refractivity contribution is 5.67. The van der Waals surface area contributed by atoms with Crippen LogP contribution in [0.5, 0.6) is 0 Å². The highest BCUT2D eigenvalue weighted by Crippen LogP contribution is 2.30. The van der Waals surface area contributed by atoms with Crippen molar-refractivity contribution < 1.29 is 78.6 Å². The number of rotatable bonds is 8. The van der Waals surface area contributed by atoms with Gasteiger partial charge in [0, 0.05) is 128 Å². The second-order valence-electron chi connectivity index (χ2n) is 18.4. The van der Waals surface area contributed by atoms with Gasteiger partial charge in [-0.15, -0.1) is 0 Å². The molecule has 0 N–H and O–H groups in total. The molecule has 0 bridgehead atoms. The van der Waals surface area contributed by atoms with Crippen LogP contribution in [0.1, 0.15) is 215 Å². The Hall–Kier alpha value is -6.52. The molecule has 0 aliphatic rings. The molecule has 0 spiro atoms. The molecule has 4 heteroatoms. The van der Waals surface area contributed by atoms with E-state index in [9.17, 15) is 0 Å². The van der Waals surface area contributed by atoms with Crippen LogP contribution in [0.15, 0.2) is 122 Å². The van der Waals surface area contributed by atoms with Crippen molar-refractivity contribution in [3.63, 3.8) is 0 Å². The van der Waals surface area contributed by atoms with Gasteiger partial charge in [-0.05, 0) is 187 Å². The number of hydrogen-bond donors (Lipinski definition) is 0. The zero-order valence-corrected chi connectivity index (χ0v) is 43.8. The predicted molar refractivity (Wildman–Crippen MR) is 321 cm³/mol. The number of aromatic nitrogens is 4. The molecule has 8 rings (SSSR count). The zero-order valence-electron chi connectivity index (χ0n) is 87.8. The minimum absolute atomic E-state index is 0.0454. The van der Waals surface area contributed by atoms with E-state index in [-0.39, 0.29) is 50.3 Å². The first-order chi connectivity index (χ1) is 52.7. The van der Waals surface area contributed by atoms with Gasteiger partial charge in [-0.3, -0.25) is 0 Å². The van der Waals surface area contributed by atoms with Gasteiger partial charge < -0.3 is 0 Å². The summed E-state index contributed by atoms with van der Waals surface area (Å²) in [5.41, 5.74) is 3.98. The maximum absolute atomic E-state index is 8.53. The molecule has 8 aromatic rings. The van der Waals surface area contributed by atoms with Crippen LogP contribution in [0.25, 0.3) is 45.0 Å². The van der Waals surface area contributed by atoms with Crippen molar-refractivity contribution in [3.8, 4) is 45.0 Å². The fourth-order valence-corrected chi connectivity index (χ4v) is 8.51. The summed E-state index contributed by atoms with van der Waals surface area (Å²) in [7, 11) is 6.16. The lowest BCUT2D eigenvalue weighted by Crippen LogP contribution is -2.32. The Kier molecular flexibility index (Phi) is 7.91. The topological polar surface area (TPSA) is 15.5 Å². The third-order valence-corrected chi connectivity index (χ3v) is 12.3. The average Bonchev–Trinajstić information content (AvgIpc) is 0.725. The third-order valence-electron chi connectivity index (χ3n) is 12.3. The Balaban J connectivity index is 0.000000283. The van der Waals surface area contributed by atoms with Crippen molar-refractivity contribution in [1.29, 1.82) is 0 Å². The zero-order chi connectivity index (χ0) is 92.8. The van der Waals surface area contributed by atoms with Crippen LogP contribution in [-0.4, -0.2) is 0 Å². The summed E-state index contributed by atoms with van der Waals surface area (Å²) < 4.78 is 347. The van der Waals surface area contributed by atoms with Gasteiger partial charge in [0.2, 0.25) is 22.8 Å². The Labute approximate surface area is 517 Å². The number of hydrogen-bond acceptors (Lipinski definition) is 0. The summed E-state index contributed by atoms with van der Waals surface area (Å²) in [5, 5.41) is 0. The molecule has 4 nitrogen and oxygen atoms in total. The van der Waals surface area contributed by atoms with Crippen molar-refractivity contribution in [2.75, 3.05) is 0 Å². The second kappa shape index (κ2) is 25.8. The summed E-state index contributed by atoms with van der Waals surface area (Å²) in [6, 6.07) is 23.0. The SMILES string of the molecule is [2H]C([2H])([2H])c1cc(-c2ccc(C([2H])(C)C)cc2C)[n+](C)cc1C([2H])(C([2H])([2H])[2H])C([2H])([2H])[2H].[2H]C([2H])([2H])c1cc(C([2H])([2H])[2H])c(-c2ccc(C([2H])([2H])C([2H])([2H])[2H])cc2C)[n+](C)c1.[2H]C([2H])([2H])c1ccc(-c2c(C([2H])([2H])[2H])cc(C([2H])([2H])[2H])c[n+]2C)c(C)c1.[2H]C([2H])([2H])c1ccc(-c2cc(C([2H])(C([2H])([2H])[2H])C([2H])([2H])[2H])c(C([2H])([2H])[2H])c[n+]2C)c(C)c1. The molecule has 0 saturated heterocycles. The van der Waals surface area contributed by atoms with E-state index in [4.69, 9.17) is 60.3 Å². The standard InChI is InChI=1S/C20H28N.C18H24N.C17H22N.C16H20N/c1-13(2)17-8-9-18(15(5)10-17)20-11-16(6)19(14(3)4)12-21(20)7;1-12(2)17-10-18(19(6)11-15(17)5)16-8-7-13(3)9-14(16)4;1-6-15-7-8-16(13(3)10-15)17-14(4)9-12(2)11-18(17)5;1-11-6-7-15(13(3)8-11)16-14(4)9-12(2)10-17(16)5/h8-14H,1-7H3;7-12H,1-6H3;7-11H,6H2,1-5H3;6-10H,1-5H3/q4*+1/i3D3,4D3,6D3,13D,14D;1D3,2D3,3D3,5D3,12D;1D3,2D3,4D3,6D2;1D3,2D3,4D3. The van der Waals surface area contributed by atoms with Crippen LogP contribution in [0, 0.1) is 82.5 Å². The number of pyridine rings is 4. The van der Waals surface area contributed by atoms with Crippen LogP contribution >= 0.6 is 0 Å². The first-order valence-electron chi connectivity index (χ1n) is 45.4. The van der Waals surface area contributed by atoms with Crippen LogP contribution in [-0.2, 0) is 34.6 Å². The molecule has 0 aliphatic heterocycles. The summed E-state index contributed by atoms with van der Waals surface area (Å²) in [4.78, 5) is 0. The van der Waals surface area contributed by atoms with Crippen LogP contribution in [0.2, 0.25) is 0 Å². The Bertz CT molecular complexity index is 4990. The largest absolute Gasteiger partial charge is 0.215 e. The molecule has 0 radical (unpaired) electrons. The smallest absolute Gasteiger partial charge is 0.201 e. The predicted octanol–water partition coefficient (Wildman–Crippen LogP) is 16.3. The Morgan fingerprint density at radius 2 is 0.867 bits per heavy atom. The fraction of sp³-hybridized carbons (Fsp3) is 0.380. The maximum atomic E-state index is 8.53. The van der Waals surface area contributed by atoms with Gasteiger partial charge in [-0.25, -0.2) is 18.3 Å². The second-order valence-corrected chi connectivity index (χ2v) is 18.4. The molecule has 4 aromatic carbocycles. The Morgan fingerprint density at radius 1 is 0.400 bits per heavy atom. The monoisotopic (exact) mass is 1050 g/mol. The van der Waals surface area contributed by atoms with Gasteiger partial charge in [0.05, 0.1) is 0 Å². The number of benzene rings is 4. The molecule has 4 aromatic heterocycles. The molecular formula is C71H94N4+4. The molecule has 0 atom stereocenters. The third kappa shape index (κ3) is 14.9. The van der Waals surface area contributed by atoms with E-state index in [0.29, 0.717) is 50.3 Å². The minimum Gasteiger partial charge on any atom is -0.201 e. The lowest BCUT2D eigenvalue weighted by molar-refractivity contribution is -0.661. The molecule has 394 valence electrons. The van der Waals surface area contributed by atoms with E-state index in [1.54, 1.807) is 66.9 Å². The average molecular weight is 1050 g/mol. The van der Waals surface area contributed by atoms with Crippen molar-refractivity contribution in [1.82, 2.24) is 0 Å². The maximum Gasteiger partial charge on any atom is 0.215 e. The van der Waals surface area contributed by atoms with E-state index >= 15 is 0 Å². The highest BCUT2D eigenvalue weighted by Gasteiger charge is 2.21. The summed E-state index contributed by atoms with van der Waals surface area (Å²) >= 11 is 0. The molecule has 75 heavy (non-hydrogen) atoms. The molecule has 0 aliphatic carbocycles. The molecule has 0 unspecified atom stereocenters. The molecule has 0 saturated carbocycles. The first-order valence-corrected chi connectivity index (χ1v) is 23.4. The van der Waals surface area contributed by atoms with E-state index in [2.05, 4.69) is 0 Å². The highest BCUT2D eigenvalue weighted by atomic mass is 14.9. The Morgan fingerprint density at radius 3 is 1.35 bits per heavy atom. The summed E-state index contributed by atoms with van der Waals surface area (Å²) in [6.07, 6.45) is 2.39. The summed E-state index contributed by atoms with van der Waals surface area (Å²) in [6.45, 7) is -26.3. The lowest BCUT2D eigenvalue weighted by atomic mass is 9.94. The van der Waals surface area contributed by atoms with Crippen LogP contribution < -0.4 is 18.3 Å². The van der Waals surface area contributed by atoms with Crippen LogP contribution in [0.4, 0.5) is 0 Å². The van der Waals surface area contributed by atoms with E-state index in [1.165, 1.54) is 105 Å². The van der Waals surface area contributed by atoms with Crippen molar-refractivity contribution in [2.45, 2.75) is 155 Å². The van der Waals surface area contributed by atoms with Crippen LogP contribution in [0.3, 0.4) is 0 Å². The van der Waals surface area contributed by atoms with Gasteiger partial charge in [-0.2, -0.15) is 0 Å². The van der Waals surface area contributed by atoms with E-state index in [1.807, 2.05) is 13.0 Å². The minimum atomic E-state index is -3.37. The van der Waals surface area contributed by atoms with Gasteiger partial charge >= 0.3 is 0 Å². The normalized spacial score (nSPS) is 22.5. The molecule has 0 fully saturated rings. The quantitative estimate of drug-likeness (QED) is 0.135.